The maximum absolute atomic E-state index is 13.5. The molecule has 5 rings (SSSR count). The number of carbonyl (C=O) groups is 2. The van der Waals surface area contributed by atoms with E-state index in [9.17, 15) is 14.7 Å². The Morgan fingerprint density at radius 3 is 2.42 bits per heavy atom. The molecule has 0 aromatic heterocycles. The van der Waals surface area contributed by atoms with E-state index < -0.39 is 18.1 Å². The number of amides is 2. The topological polar surface area (TPSA) is 79.3 Å². The van der Waals surface area contributed by atoms with Crippen LogP contribution in [-0.4, -0.2) is 35.0 Å². The van der Waals surface area contributed by atoms with E-state index in [0.29, 0.717) is 16.3 Å². The van der Waals surface area contributed by atoms with Crippen LogP contribution in [0.2, 0.25) is 5.02 Å². The van der Waals surface area contributed by atoms with E-state index in [0.717, 1.165) is 5.56 Å². The number of benzene rings is 3. The summed E-state index contributed by atoms with van der Waals surface area (Å²) in [5.74, 6) is -1.19. The summed E-state index contributed by atoms with van der Waals surface area (Å²) >= 11 is 6.05. The van der Waals surface area contributed by atoms with Crippen molar-refractivity contribution in [3.05, 3.63) is 88.9 Å². The number of carbonyl (C=O) groups excluding carboxylic acids is 2. The molecule has 0 bridgehead atoms. The van der Waals surface area contributed by atoms with Crippen LogP contribution in [0.4, 0.5) is 5.69 Å². The molecule has 2 heterocycles. The summed E-state index contributed by atoms with van der Waals surface area (Å²) in [5.41, 5.74) is 2.19. The molecule has 3 aromatic rings. The first kappa shape index (κ1) is 21.3. The molecule has 2 saturated heterocycles. The molecule has 3 aromatic carbocycles. The number of methoxy groups -OCH3 is 1. The van der Waals surface area contributed by atoms with E-state index in [1.165, 1.54) is 18.1 Å². The predicted octanol–water partition coefficient (Wildman–Crippen LogP) is 4.10. The van der Waals surface area contributed by atoms with Gasteiger partial charge in [-0.3, -0.25) is 19.3 Å². The minimum atomic E-state index is -0.957. The maximum Gasteiger partial charge on any atom is 0.262 e. The molecule has 0 saturated carbocycles. The third-order valence-electron chi connectivity index (χ3n) is 6.02. The Labute approximate surface area is 195 Å². The summed E-state index contributed by atoms with van der Waals surface area (Å²) in [6, 6.07) is 20.6. The van der Waals surface area contributed by atoms with Crippen molar-refractivity contribution in [1.29, 1.82) is 0 Å². The van der Waals surface area contributed by atoms with Crippen molar-refractivity contribution in [1.82, 2.24) is 4.90 Å². The van der Waals surface area contributed by atoms with Crippen LogP contribution < -0.4 is 9.80 Å². The van der Waals surface area contributed by atoms with Crippen LogP contribution >= 0.6 is 11.6 Å². The zero-order valence-corrected chi connectivity index (χ0v) is 18.5. The molecular formula is C25H21ClN2O5. The number of nitrogens with zero attached hydrogens (tertiary/aromatic N) is 2. The summed E-state index contributed by atoms with van der Waals surface area (Å²) in [7, 11) is 1.45. The molecule has 0 spiro atoms. The second-order valence-electron chi connectivity index (χ2n) is 7.98. The zero-order chi connectivity index (χ0) is 23.1. The molecule has 1 N–H and O–H groups in total. The highest BCUT2D eigenvalue weighted by Gasteiger charge is 2.59. The monoisotopic (exact) mass is 464 g/mol. The first-order valence-corrected chi connectivity index (χ1v) is 10.8. The van der Waals surface area contributed by atoms with Crippen LogP contribution in [0.5, 0.6) is 11.5 Å². The van der Waals surface area contributed by atoms with Crippen LogP contribution in [-0.2, 0) is 21.0 Å². The van der Waals surface area contributed by atoms with Crippen LogP contribution in [0, 0.1) is 5.92 Å². The first-order valence-electron chi connectivity index (χ1n) is 10.5. The molecule has 0 unspecified atom stereocenters. The Morgan fingerprint density at radius 2 is 1.73 bits per heavy atom. The summed E-state index contributed by atoms with van der Waals surface area (Å²) in [6.07, 6.45) is -0.957. The van der Waals surface area contributed by atoms with Gasteiger partial charge < -0.3 is 9.84 Å². The van der Waals surface area contributed by atoms with Crippen molar-refractivity contribution >= 4 is 29.1 Å². The van der Waals surface area contributed by atoms with Crippen LogP contribution in [0.25, 0.3) is 0 Å². The first-order chi connectivity index (χ1) is 16.0. The second-order valence-corrected chi connectivity index (χ2v) is 8.41. The van der Waals surface area contributed by atoms with Crippen molar-refractivity contribution < 1.29 is 24.3 Å². The Morgan fingerprint density at radius 1 is 1.00 bits per heavy atom. The van der Waals surface area contributed by atoms with Crippen molar-refractivity contribution in [2.75, 3.05) is 12.2 Å². The Kier molecular flexibility index (Phi) is 5.44. The van der Waals surface area contributed by atoms with Crippen LogP contribution in [0.1, 0.15) is 17.2 Å². The van der Waals surface area contributed by atoms with Gasteiger partial charge in [0.1, 0.15) is 5.92 Å². The third-order valence-corrected chi connectivity index (χ3v) is 6.27. The summed E-state index contributed by atoms with van der Waals surface area (Å²) in [4.78, 5) is 34.2. The highest BCUT2D eigenvalue weighted by Crippen LogP contribution is 2.48. The lowest BCUT2D eigenvalue weighted by Crippen LogP contribution is -2.36. The average Bonchev–Trinajstić information content (AvgIpc) is 3.33. The quantitative estimate of drug-likeness (QED) is 0.573. The zero-order valence-electron chi connectivity index (χ0n) is 17.7. The molecule has 0 radical (unpaired) electrons. The highest BCUT2D eigenvalue weighted by atomic mass is 35.5. The Hall–Kier alpha value is -3.55. The molecule has 3 atom stereocenters. The number of anilines is 1. The maximum atomic E-state index is 13.5. The molecule has 0 aliphatic carbocycles. The number of likely N-dealkylation sites (tertiary alicyclic amines) is 1. The van der Waals surface area contributed by atoms with E-state index in [2.05, 4.69) is 0 Å². The smallest absolute Gasteiger partial charge is 0.262 e. The van der Waals surface area contributed by atoms with Crippen LogP contribution in [0.3, 0.4) is 0 Å². The standard InChI is InChI=1S/C25H21ClN2O5/c1-32-20-13-16(7-12-19(20)29)22-21-23(33-28(22)18-10-8-17(26)9-11-18)25(31)27(24(21)30)14-15-5-3-2-4-6-15/h2-13,21-23,29H,14H2,1H3/t21-,22-,23+/m1/s1. The average molecular weight is 465 g/mol. The van der Waals surface area contributed by atoms with Gasteiger partial charge in [-0.15, -0.1) is 0 Å². The molecule has 168 valence electrons. The van der Waals surface area contributed by atoms with Gasteiger partial charge in [0.15, 0.2) is 17.6 Å². The molecule has 2 aliphatic rings. The van der Waals surface area contributed by atoms with Gasteiger partial charge in [-0.25, -0.2) is 5.06 Å². The Bertz CT molecular complexity index is 1200. The van der Waals surface area contributed by atoms with Crippen LogP contribution in [0.15, 0.2) is 72.8 Å². The number of ether oxygens (including phenoxy) is 1. The number of hydrogen-bond donors (Lipinski definition) is 1. The number of phenols is 1. The normalized spacial score (nSPS) is 22.1. The van der Waals surface area contributed by atoms with E-state index >= 15 is 0 Å². The van der Waals surface area contributed by atoms with Gasteiger partial charge in [0, 0.05) is 5.02 Å². The molecule has 8 heteroatoms. The fourth-order valence-electron chi connectivity index (χ4n) is 4.42. The molecule has 33 heavy (non-hydrogen) atoms. The number of phenolic OH excluding ortho intramolecular Hbond substituents is 1. The Balaban J connectivity index is 1.55. The second kappa shape index (κ2) is 8.42. The third kappa shape index (κ3) is 3.69. The molecule has 2 aliphatic heterocycles. The molecule has 7 nitrogen and oxygen atoms in total. The number of imide groups is 1. The lowest BCUT2D eigenvalue weighted by Gasteiger charge is -2.29. The van der Waals surface area contributed by atoms with E-state index in [1.54, 1.807) is 41.5 Å². The number of rotatable bonds is 5. The number of fused-ring (bicyclic) bond motifs is 1. The number of hydroxylamine groups is 1. The molecule has 2 fully saturated rings. The van der Waals surface area contributed by atoms with E-state index in [-0.39, 0.29) is 29.9 Å². The number of halogens is 1. The lowest BCUT2D eigenvalue weighted by atomic mass is 9.90. The van der Waals surface area contributed by atoms with E-state index in [1.807, 2.05) is 30.3 Å². The van der Waals surface area contributed by atoms with Crippen molar-refractivity contribution in [3.8, 4) is 11.5 Å². The summed E-state index contributed by atoms with van der Waals surface area (Å²) < 4.78 is 5.27. The largest absolute Gasteiger partial charge is 0.504 e. The highest BCUT2D eigenvalue weighted by molar-refractivity contribution is 6.30. The van der Waals surface area contributed by atoms with Gasteiger partial charge in [-0.05, 0) is 47.5 Å². The van der Waals surface area contributed by atoms with Gasteiger partial charge in [0.25, 0.3) is 5.91 Å². The summed E-state index contributed by atoms with van der Waals surface area (Å²) in [5, 5.41) is 12.2. The lowest BCUT2D eigenvalue weighted by molar-refractivity contribution is -0.143. The molecule has 2 amide bonds. The van der Waals surface area contributed by atoms with Gasteiger partial charge >= 0.3 is 0 Å². The van der Waals surface area contributed by atoms with Crippen molar-refractivity contribution in [3.63, 3.8) is 0 Å². The van der Waals surface area contributed by atoms with Gasteiger partial charge in [0.05, 0.1) is 25.4 Å². The predicted molar refractivity (Wildman–Crippen MR) is 122 cm³/mol. The minimum Gasteiger partial charge on any atom is -0.504 e. The van der Waals surface area contributed by atoms with Crippen molar-refractivity contribution in [2.24, 2.45) is 5.92 Å². The fraction of sp³-hybridized carbons (Fsp3) is 0.200. The summed E-state index contributed by atoms with van der Waals surface area (Å²) in [6.45, 7) is 0.182. The minimum absolute atomic E-state index is 0.0192. The van der Waals surface area contributed by atoms with Gasteiger partial charge in [-0.2, -0.15) is 0 Å². The van der Waals surface area contributed by atoms with Crippen molar-refractivity contribution in [2.45, 2.75) is 18.7 Å². The fourth-order valence-corrected chi connectivity index (χ4v) is 4.55. The van der Waals surface area contributed by atoms with Gasteiger partial charge in [0.2, 0.25) is 5.91 Å². The molecular weight excluding hydrogens is 444 g/mol. The number of aromatic hydroxyl groups is 1. The van der Waals surface area contributed by atoms with E-state index in [4.69, 9.17) is 21.2 Å². The SMILES string of the molecule is COc1cc([C@@H]2[C@H]3C(=O)N(Cc4ccccc4)C(=O)[C@H]3ON2c2ccc(Cl)cc2)ccc1O. The number of hydrogen-bond acceptors (Lipinski definition) is 6. The van der Waals surface area contributed by atoms with Gasteiger partial charge in [-0.1, -0.05) is 48.0 Å².